The van der Waals surface area contributed by atoms with Gasteiger partial charge in [0.1, 0.15) is 0 Å². The summed E-state index contributed by atoms with van der Waals surface area (Å²) in [5.74, 6) is 1.05. The zero-order valence-electron chi connectivity index (χ0n) is 23.1. The van der Waals surface area contributed by atoms with Crippen LogP contribution in [0, 0.1) is 0 Å². The van der Waals surface area contributed by atoms with Crippen LogP contribution in [0.3, 0.4) is 0 Å². The van der Waals surface area contributed by atoms with Crippen molar-refractivity contribution in [3.05, 3.63) is 65.4 Å². The molecule has 0 N–H and O–H groups in total. The Kier molecular flexibility index (Phi) is 8.86. The molecule has 4 rings (SSSR count). The molecule has 0 atom stereocenters. The molecule has 0 spiro atoms. The van der Waals surface area contributed by atoms with Crippen molar-refractivity contribution < 1.29 is 14.3 Å². The van der Waals surface area contributed by atoms with Crippen LogP contribution in [0.4, 0.5) is 0 Å². The second kappa shape index (κ2) is 12.1. The molecule has 0 saturated heterocycles. The molecule has 0 unspecified atom stereocenters. The molecule has 200 valence electrons. The zero-order chi connectivity index (χ0) is 27.3. The molecule has 0 bridgehead atoms. The third kappa shape index (κ3) is 6.25. The normalized spacial score (nSPS) is 11.5. The van der Waals surface area contributed by atoms with Gasteiger partial charge >= 0.3 is 179 Å². The fraction of sp³-hybridized carbons (Fsp3) is 0.393. The van der Waals surface area contributed by atoms with Crippen LogP contribution in [0.25, 0.3) is 22.5 Å². The SMILES string of the molecule is CCCc1nn(C)c(OCC(=O)OCC)c1Cc1ccc(-c2ccccc2-c2nnn[n]2[Sn]([CH3])([CH3])[CH3])cc1. The van der Waals surface area contributed by atoms with Crippen molar-refractivity contribution in [2.75, 3.05) is 13.2 Å². The topological polar surface area (TPSA) is 97.0 Å². The molecule has 2 aromatic carbocycles. The van der Waals surface area contributed by atoms with Gasteiger partial charge in [-0.3, -0.25) is 0 Å². The van der Waals surface area contributed by atoms with Crippen LogP contribution in [0.15, 0.2) is 48.5 Å². The number of aryl methyl sites for hydroxylation is 2. The first-order valence-electron chi connectivity index (χ1n) is 13.0. The van der Waals surface area contributed by atoms with Gasteiger partial charge in [0, 0.05) is 7.05 Å². The van der Waals surface area contributed by atoms with Crippen molar-refractivity contribution in [1.29, 1.82) is 0 Å². The number of esters is 1. The van der Waals surface area contributed by atoms with E-state index in [1.165, 1.54) is 0 Å². The number of carbonyl (C=O) groups excluding carboxylic acids is 1. The van der Waals surface area contributed by atoms with E-state index < -0.39 is 18.7 Å². The average Bonchev–Trinajstić information content (AvgIpc) is 3.49. The van der Waals surface area contributed by atoms with Gasteiger partial charge in [-0.1, -0.05) is 13.3 Å². The van der Waals surface area contributed by atoms with E-state index in [9.17, 15) is 4.79 Å². The molecule has 0 fully saturated rings. The van der Waals surface area contributed by atoms with Crippen LogP contribution in [-0.2, 0) is 29.4 Å². The van der Waals surface area contributed by atoms with Gasteiger partial charge in [-0.15, -0.1) is 0 Å². The summed E-state index contributed by atoms with van der Waals surface area (Å²) in [4.78, 5) is 18.8. The minimum absolute atomic E-state index is 0.139. The average molecular weight is 623 g/mol. The van der Waals surface area contributed by atoms with Crippen LogP contribution in [0.1, 0.15) is 37.1 Å². The maximum atomic E-state index is 11.9. The zero-order valence-corrected chi connectivity index (χ0v) is 25.9. The van der Waals surface area contributed by atoms with Gasteiger partial charge in [-0.05, 0) is 6.92 Å². The molecule has 0 aliphatic heterocycles. The minimum atomic E-state index is -2.58. The first kappa shape index (κ1) is 27.8. The molecule has 0 aliphatic rings. The summed E-state index contributed by atoms with van der Waals surface area (Å²) in [5, 5.41) is 17.4. The monoisotopic (exact) mass is 624 g/mol. The second-order valence-electron chi connectivity index (χ2n) is 10.2. The van der Waals surface area contributed by atoms with E-state index in [0.29, 0.717) is 18.9 Å². The number of nitrogens with zero attached hydrogens (tertiary/aromatic N) is 6. The standard InChI is InChI=1S/C25H27N6O3.3CH3.Sn/c1-4-8-22-21(25(31(3)28-22)34-16-23(32)33-5-2)15-17-11-13-18(14-12-17)19-9-6-7-10-20(19)24-26-29-30-27-24;;;;/h6-7,9-14H,4-5,8,15-16H2,1-3H3;3*1H3;/q-1;;;;+1. The van der Waals surface area contributed by atoms with E-state index in [2.05, 4.69) is 81.7 Å². The molecule has 0 aliphatic carbocycles. The van der Waals surface area contributed by atoms with Crippen molar-refractivity contribution in [2.24, 2.45) is 7.05 Å². The molecule has 2 aromatic heterocycles. The summed E-state index contributed by atoms with van der Waals surface area (Å²) in [7, 11) is 1.85. The first-order chi connectivity index (χ1) is 18.2. The number of hydrogen-bond donors (Lipinski definition) is 0. The van der Waals surface area contributed by atoms with Gasteiger partial charge in [0.05, 0.1) is 6.61 Å². The number of aromatic nitrogens is 6. The molecule has 9 nitrogen and oxygen atoms in total. The third-order valence-corrected chi connectivity index (χ3v) is 10.7. The van der Waals surface area contributed by atoms with Crippen LogP contribution < -0.4 is 4.74 Å². The van der Waals surface area contributed by atoms with Crippen LogP contribution in [0.2, 0.25) is 14.8 Å². The maximum absolute atomic E-state index is 11.9. The summed E-state index contributed by atoms with van der Waals surface area (Å²) in [6.07, 6.45) is 2.46. The number of tetrazole rings is 1. The predicted octanol–water partition coefficient (Wildman–Crippen LogP) is 4.91. The van der Waals surface area contributed by atoms with E-state index >= 15 is 0 Å². The molecular weight excluding hydrogens is 587 g/mol. The second-order valence-corrected chi connectivity index (χ2v) is 23.8. The Morgan fingerprint density at radius 2 is 1.71 bits per heavy atom. The van der Waals surface area contributed by atoms with Crippen LogP contribution >= 0.6 is 0 Å². The molecular formula is C28H36N6O3Sn. The van der Waals surface area contributed by atoms with E-state index in [1.807, 2.05) is 19.2 Å². The van der Waals surface area contributed by atoms with Crippen LogP contribution in [0.5, 0.6) is 5.88 Å². The van der Waals surface area contributed by atoms with E-state index in [0.717, 1.165) is 52.2 Å². The van der Waals surface area contributed by atoms with Crippen molar-refractivity contribution in [1.82, 2.24) is 28.2 Å². The number of rotatable bonds is 11. The van der Waals surface area contributed by atoms with Gasteiger partial charge in [0.2, 0.25) is 0 Å². The number of carbonyl (C=O) groups is 1. The van der Waals surface area contributed by atoms with Gasteiger partial charge in [0.15, 0.2) is 6.61 Å². The van der Waals surface area contributed by atoms with Gasteiger partial charge < -0.3 is 4.74 Å². The summed E-state index contributed by atoms with van der Waals surface area (Å²) in [6, 6.07) is 16.8. The Balaban J connectivity index is 1.62. The number of benzene rings is 2. The first-order valence-corrected chi connectivity index (χ1v) is 22.9. The molecule has 10 heteroatoms. The number of ether oxygens (including phenoxy) is 2. The molecule has 4 aromatic rings. The van der Waals surface area contributed by atoms with Crippen molar-refractivity contribution >= 4 is 24.6 Å². The van der Waals surface area contributed by atoms with Crippen molar-refractivity contribution in [3.63, 3.8) is 0 Å². The Morgan fingerprint density at radius 1 is 1.00 bits per heavy atom. The van der Waals surface area contributed by atoms with E-state index in [1.54, 1.807) is 11.6 Å². The summed E-state index contributed by atoms with van der Waals surface area (Å²) < 4.78 is 14.7. The predicted molar refractivity (Wildman–Crippen MR) is 150 cm³/mol. The molecule has 0 radical (unpaired) electrons. The molecule has 0 saturated carbocycles. The quantitative estimate of drug-likeness (QED) is 0.173. The van der Waals surface area contributed by atoms with Gasteiger partial charge in [-0.2, -0.15) is 0 Å². The summed E-state index contributed by atoms with van der Waals surface area (Å²) >= 11 is -2.58. The Labute approximate surface area is 228 Å². The third-order valence-electron chi connectivity index (χ3n) is 6.21. The fourth-order valence-corrected chi connectivity index (χ4v) is 7.64. The Bertz CT molecular complexity index is 1390. The van der Waals surface area contributed by atoms with Gasteiger partial charge in [-0.25, -0.2) is 4.79 Å². The molecule has 0 amide bonds. The van der Waals surface area contributed by atoms with Gasteiger partial charge in [0.25, 0.3) is 0 Å². The van der Waals surface area contributed by atoms with Crippen LogP contribution in [-0.4, -0.2) is 66.0 Å². The fourth-order valence-electron chi connectivity index (χ4n) is 4.47. The van der Waals surface area contributed by atoms with E-state index in [-0.39, 0.29) is 12.6 Å². The summed E-state index contributed by atoms with van der Waals surface area (Å²) in [6.45, 7) is 4.10. The van der Waals surface area contributed by atoms with Crippen molar-refractivity contribution in [3.8, 4) is 28.4 Å². The summed E-state index contributed by atoms with van der Waals surface area (Å²) in [5.41, 5.74) is 6.35. The van der Waals surface area contributed by atoms with Crippen molar-refractivity contribution in [2.45, 2.75) is 47.9 Å². The number of hydrogen-bond acceptors (Lipinski definition) is 7. The molecule has 2 heterocycles. The Hall–Kier alpha value is -3.21. The molecule has 38 heavy (non-hydrogen) atoms. The van der Waals surface area contributed by atoms with E-state index in [4.69, 9.17) is 9.47 Å². The Morgan fingerprint density at radius 3 is 2.37 bits per heavy atom.